The van der Waals surface area contributed by atoms with Gasteiger partial charge in [-0.15, -0.1) is 11.3 Å². The van der Waals surface area contributed by atoms with E-state index in [9.17, 15) is 0 Å². The molecule has 3 aromatic carbocycles. The van der Waals surface area contributed by atoms with Crippen molar-refractivity contribution >= 4 is 53.3 Å². The first kappa shape index (κ1) is 21.4. The van der Waals surface area contributed by atoms with Gasteiger partial charge in [-0.3, -0.25) is 4.98 Å². The van der Waals surface area contributed by atoms with Crippen LogP contribution in [0.5, 0.6) is 0 Å². The van der Waals surface area contributed by atoms with E-state index in [2.05, 4.69) is 95.3 Å². The van der Waals surface area contributed by atoms with Crippen molar-refractivity contribution in [1.82, 2.24) is 4.98 Å². The molecule has 170 valence electrons. The molecule has 0 amide bonds. The summed E-state index contributed by atoms with van der Waals surface area (Å²) in [5, 5.41) is 6.32. The van der Waals surface area contributed by atoms with E-state index >= 15 is 0 Å². The number of thiophene rings is 1. The van der Waals surface area contributed by atoms with Crippen LogP contribution in [0.2, 0.25) is 0 Å². The summed E-state index contributed by atoms with van der Waals surface area (Å²) in [7, 11) is 0. The number of fused-ring (bicyclic) bond motifs is 5. The molecule has 6 aromatic rings. The fourth-order valence-corrected chi connectivity index (χ4v) is 6.29. The van der Waals surface area contributed by atoms with Gasteiger partial charge in [0.2, 0.25) is 0 Å². The lowest BCUT2D eigenvalue weighted by molar-refractivity contribution is 0.500. The minimum Gasteiger partial charge on any atom is -0.461 e. The van der Waals surface area contributed by atoms with Crippen LogP contribution >= 0.6 is 11.3 Å². The van der Waals surface area contributed by atoms with Crippen LogP contribution in [0, 0.1) is 5.92 Å². The molecule has 0 aliphatic heterocycles. The van der Waals surface area contributed by atoms with E-state index in [1.807, 2.05) is 17.5 Å². The number of hydrogen-bond acceptors (Lipinski definition) is 3. The van der Waals surface area contributed by atoms with Gasteiger partial charge in [-0.1, -0.05) is 58.9 Å². The van der Waals surface area contributed by atoms with Crippen molar-refractivity contribution in [2.24, 2.45) is 5.92 Å². The Morgan fingerprint density at radius 1 is 0.882 bits per heavy atom. The maximum Gasteiger partial charge on any atom is 0.135 e. The highest BCUT2D eigenvalue weighted by atomic mass is 32.1. The first-order chi connectivity index (χ1) is 16.3. The minimum absolute atomic E-state index is 0.0435. The van der Waals surface area contributed by atoms with E-state index in [1.54, 1.807) is 0 Å². The molecule has 0 N–H and O–H groups in total. The molecule has 0 spiro atoms. The van der Waals surface area contributed by atoms with Gasteiger partial charge < -0.3 is 4.42 Å². The molecule has 0 aliphatic rings. The number of furan rings is 1. The fraction of sp³-hybridized carbons (Fsp3) is 0.258. The van der Waals surface area contributed by atoms with Crippen LogP contribution in [0.15, 0.2) is 71.3 Å². The molecular weight excluding hydrogens is 434 g/mol. The van der Waals surface area contributed by atoms with Gasteiger partial charge >= 0.3 is 0 Å². The molecule has 0 fully saturated rings. The van der Waals surface area contributed by atoms with Gasteiger partial charge in [-0.05, 0) is 64.1 Å². The average Bonchev–Trinajstić information content (AvgIpc) is 3.34. The Morgan fingerprint density at radius 2 is 1.71 bits per heavy atom. The second kappa shape index (κ2) is 7.68. The van der Waals surface area contributed by atoms with Crippen molar-refractivity contribution in [2.45, 2.75) is 46.5 Å². The van der Waals surface area contributed by atoms with E-state index in [0.29, 0.717) is 5.92 Å². The van der Waals surface area contributed by atoms with Gasteiger partial charge in [-0.2, -0.15) is 0 Å². The van der Waals surface area contributed by atoms with Gasteiger partial charge in [0.15, 0.2) is 0 Å². The zero-order valence-corrected chi connectivity index (χ0v) is 21.2. The molecule has 3 heterocycles. The van der Waals surface area contributed by atoms with Crippen molar-refractivity contribution in [3.8, 4) is 11.3 Å². The van der Waals surface area contributed by atoms with E-state index < -0.39 is 0 Å². The second-order valence-corrected chi connectivity index (χ2v) is 11.9. The predicted molar refractivity (Wildman–Crippen MR) is 147 cm³/mol. The molecule has 0 bridgehead atoms. The smallest absolute Gasteiger partial charge is 0.135 e. The van der Waals surface area contributed by atoms with Crippen LogP contribution in [0.4, 0.5) is 0 Å². The summed E-state index contributed by atoms with van der Waals surface area (Å²) < 4.78 is 8.68. The third-order valence-electron chi connectivity index (χ3n) is 6.63. The number of rotatable bonds is 3. The Bertz CT molecular complexity index is 1690. The topological polar surface area (TPSA) is 26.0 Å². The van der Waals surface area contributed by atoms with Crippen LogP contribution < -0.4 is 0 Å². The summed E-state index contributed by atoms with van der Waals surface area (Å²) in [5.41, 5.74) is 4.62. The normalized spacial score (nSPS) is 12.6. The van der Waals surface area contributed by atoms with E-state index in [-0.39, 0.29) is 5.41 Å². The maximum atomic E-state index is 6.19. The number of nitrogens with zero attached hydrogens (tertiary/aromatic N) is 1. The van der Waals surface area contributed by atoms with Crippen molar-refractivity contribution in [1.29, 1.82) is 0 Å². The summed E-state index contributed by atoms with van der Waals surface area (Å²) in [4.78, 5) is 4.89. The molecule has 2 nitrogen and oxygen atoms in total. The van der Waals surface area contributed by atoms with Gasteiger partial charge in [0.25, 0.3) is 0 Å². The van der Waals surface area contributed by atoms with Gasteiger partial charge in [-0.25, -0.2) is 0 Å². The number of pyridine rings is 1. The molecule has 0 radical (unpaired) electrons. The SMILES string of the molecule is CC(C)Cc1cc2cc3c(cc2o1)sc1c(-c2cc(C(C)(C)C)c4ccccc4c2)nccc13. The summed E-state index contributed by atoms with van der Waals surface area (Å²) in [6.45, 7) is 11.3. The molecule has 6 rings (SSSR count). The maximum absolute atomic E-state index is 6.19. The number of aromatic nitrogens is 1. The van der Waals surface area contributed by atoms with Crippen molar-refractivity contribution in [3.63, 3.8) is 0 Å². The van der Waals surface area contributed by atoms with Crippen LogP contribution in [0.3, 0.4) is 0 Å². The third-order valence-corrected chi connectivity index (χ3v) is 7.80. The Kier molecular flexibility index (Phi) is 4.82. The van der Waals surface area contributed by atoms with Crippen molar-refractivity contribution < 1.29 is 4.42 Å². The first-order valence-corrected chi connectivity index (χ1v) is 12.9. The first-order valence-electron chi connectivity index (χ1n) is 12.1. The lowest BCUT2D eigenvalue weighted by atomic mass is 9.82. The van der Waals surface area contributed by atoms with Gasteiger partial charge in [0.05, 0.1) is 10.4 Å². The Balaban J connectivity index is 1.58. The monoisotopic (exact) mass is 463 g/mol. The zero-order chi connectivity index (χ0) is 23.6. The molecule has 34 heavy (non-hydrogen) atoms. The third kappa shape index (κ3) is 3.50. The largest absolute Gasteiger partial charge is 0.461 e. The lowest BCUT2D eigenvalue weighted by Gasteiger charge is -2.22. The van der Waals surface area contributed by atoms with Crippen LogP contribution in [0.1, 0.15) is 45.9 Å². The molecule has 3 aromatic heterocycles. The Labute approximate surface area is 204 Å². The summed E-state index contributed by atoms with van der Waals surface area (Å²) in [5.74, 6) is 1.65. The van der Waals surface area contributed by atoms with Gasteiger partial charge in [0, 0.05) is 39.0 Å². The molecule has 3 heteroatoms. The van der Waals surface area contributed by atoms with E-state index in [4.69, 9.17) is 9.40 Å². The van der Waals surface area contributed by atoms with Crippen molar-refractivity contribution in [3.05, 3.63) is 78.2 Å². The molecular formula is C31H29NOS. The average molecular weight is 464 g/mol. The molecule has 0 atom stereocenters. The fourth-order valence-electron chi connectivity index (χ4n) is 5.07. The summed E-state index contributed by atoms with van der Waals surface area (Å²) >= 11 is 1.82. The minimum atomic E-state index is 0.0435. The highest BCUT2D eigenvalue weighted by Crippen LogP contribution is 2.42. The summed E-state index contributed by atoms with van der Waals surface area (Å²) in [6, 6.07) is 22.2. The predicted octanol–water partition coefficient (Wildman–Crippen LogP) is 9.51. The van der Waals surface area contributed by atoms with Gasteiger partial charge in [0.1, 0.15) is 11.3 Å². The summed E-state index contributed by atoms with van der Waals surface area (Å²) in [6.07, 6.45) is 2.93. The Morgan fingerprint density at radius 3 is 2.50 bits per heavy atom. The molecule has 0 aliphatic carbocycles. The van der Waals surface area contributed by atoms with Crippen LogP contribution in [-0.2, 0) is 11.8 Å². The lowest BCUT2D eigenvalue weighted by Crippen LogP contribution is -2.12. The molecule has 0 saturated carbocycles. The number of hydrogen-bond donors (Lipinski definition) is 0. The highest BCUT2D eigenvalue weighted by molar-refractivity contribution is 7.26. The quantitative estimate of drug-likeness (QED) is 0.261. The Hall–Kier alpha value is -3.17. The zero-order valence-electron chi connectivity index (χ0n) is 20.4. The van der Waals surface area contributed by atoms with E-state index in [0.717, 1.165) is 23.5 Å². The number of benzene rings is 3. The highest BCUT2D eigenvalue weighted by Gasteiger charge is 2.20. The van der Waals surface area contributed by atoms with Crippen LogP contribution in [0.25, 0.3) is 53.2 Å². The standard InChI is InChI=1S/C31H29NOS/c1-18(2)12-22-14-20-15-25-24-10-11-32-29(30(24)34-28(25)17-27(20)33-22)21-13-19-8-6-7-9-23(19)26(16-21)31(3,4)5/h6-11,13-18H,12H2,1-5H3. The second-order valence-electron chi connectivity index (χ2n) is 10.8. The molecule has 0 saturated heterocycles. The van der Waals surface area contributed by atoms with E-state index in [1.165, 1.54) is 47.5 Å². The van der Waals surface area contributed by atoms with Crippen molar-refractivity contribution in [2.75, 3.05) is 0 Å². The molecule has 0 unspecified atom stereocenters. The van der Waals surface area contributed by atoms with Crippen LogP contribution in [-0.4, -0.2) is 4.98 Å².